The molecule has 2 N–H and O–H groups in total. The molecule has 1 aliphatic heterocycles. The summed E-state index contributed by atoms with van der Waals surface area (Å²) in [6.07, 6.45) is 4.57. The molecule has 0 aliphatic carbocycles. The highest BCUT2D eigenvalue weighted by molar-refractivity contribution is 5.94. The molecule has 2 heterocycles. The van der Waals surface area contributed by atoms with Crippen LogP contribution >= 0.6 is 0 Å². The van der Waals surface area contributed by atoms with E-state index in [4.69, 9.17) is 10.5 Å². The summed E-state index contributed by atoms with van der Waals surface area (Å²) in [6.45, 7) is 5.23. The highest BCUT2D eigenvalue weighted by Crippen LogP contribution is 2.26. The summed E-state index contributed by atoms with van der Waals surface area (Å²) in [4.78, 5) is 14.4. The number of ether oxygens (including phenoxy) is 1. The molecule has 2 aromatic rings. The number of aromatic nitrogens is 2. The molecule has 1 aromatic heterocycles. The van der Waals surface area contributed by atoms with Crippen LogP contribution in [0.25, 0.3) is 0 Å². The van der Waals surface area contributed by atoms with E-state index in [0.717, 1.165) is 38.9 Å². The highest BCUT2D eigenvalue weighted by Gasteiger charge is 2.25. The summed E-state index contributed by atoms with van der Waals surface area (Å²) in [5.74, 6) is 0.0210. The van der Waals surface area contributed by atoms with Crippen molar-refractivity contribution in [3.05, 3.63) is 47.7 Å². The van der Waals surface area contributed by atoms with E-state index in [2.05, 4.69) is 34.3 Å². The lowest BCUT2D eigenvalue weighted by Crippen LogP contribution is -2.36. The maximum atomic E-state index is 11.9. The van der Waals surface area contributed by atoms with Gasteiger partial charge >= 0.3 is 5.97 Å². The van der Waals surface area contributed by atoms with E-state index in [1.807, 2.05) is 6.07 Å². The lowest BCUT2D eigenvalue weighted by atomic mass is 10.0. The molecular formula is C19H26N4O2. The summed E-state index contributed by atoms with van der Waals surface area (Å²) >= 11 is 0. The molecule has 6 nitrogen and oxygen atoms in total. The Morgan fingerprint density at radius 1 is 1.28 bits per heavy atom. The number of benzene rings is 1. The van der Waals surface area contributed by atoms with Crippen molar-refractivity contribution in [2.75, 3.05) is 32.0 Å². The molecule has 0 bridgehead atoms. The largest absolute Gasteiger partial charge is 0.462 e. The van der Waals surface area contributed by atoms with Gasteiger partial charge in [-0.05, 0) is 31.7 Å². The lowest BCUT2D eigenvalue weighted by molar-refractivity contribution is 0.0527. The molecule has 1 fully saturated rings. The number of nitrogens with zero attached hydrogens (tertiary/aromatic N) is 3. The molecule has 6 heteroatoms. The fourth-order valence-corrected chi connectivity index (χ4v) is 3.35. The minimum atomic E-state index is -0.397. The summed E-state index contributed by atoms with van der Waals surface area (Å²) < 4.78 is 6.81. The van der Waals surface area contributed by atoms with Gasteiger partial charge in [-0.15, -0.1) is 0 Å². The van der Waals surface area contributed by atoms with Gasteiger partial charge in [0.1, 0.15) is 11.4 Å². The normalized spacial score (nSPS) is 16.0. The first-order valence-electron chi connectivity index (χ1n) is 8.95. The van der Waals surface area contributed by atoms with Crippen LogP contribution in [-0.2, 0) is 11.2 Å². The lowest BCUT2D eigenvalue weighted by Gasteiger charge is -2.32. The average molecular weight is 342 g/mol. The third-order valence-electron chi connectivity index (χ3n) is 4.79. The van der Waals surface area contributed by atoms with E-state index in [9.17, 15) is 4.79 Å². The van der Waals surface area contributed by atoms with Crippen molar-refractivity contribution in [1.82, 2.24) is 14.7 Å². The van der Waals surface area contributed by atoms with Crippen molar-refractivity contribution in [3.8, 4) is 0 Å². The van der Waals surface area contributed by atoms with Gasteiger partial charge in [0.15, 0.2) is 0 Å². The Morgan fingerprint density at radius 2 is 2.00 bits per heavy atom. The van der Waals surface area contributed by atoms with Gasteiger partial charge in [0, 0.05) is 19.6 Å². The van der Waals surface area contributed by atoms with Crippen molar-refractivity contribution in [1.29, 1.82) is 0 Å². The first-order valence-corrected chi connectivity index (χ1v) is 8.95. The fraction of sp³-hybridized carbons (Fsp3) is 0.474. The zero-order valence-corrected chi connectivity index (χ0v) is 14.7. The van der Waals surface area contributed by atoms with Gasteiger partial charge in [-0.2, -0.15) is 5.10 Å². The van der Waals surface area contributed by atoms with Crippen LogP contribution in [0.15, 0.2) is 36.5 Å². The maximum absolute atomic E-state index is 11.9. The van der Waals surface area contributed by atoms with Crippen LogP contribution in [0.2, 0.25) is 0 Å². The number of likely N-dealkylation sites (tertiary alicyclic amines) is 1. The predicted octanol–water partition coefficient (Wildman–Crippen LogP) is 2.52. The molecule has 1 aliphatic rings. The maximum Gasteiger partial charge on any atom is 0.343 e. The number of anilines is 1. The molecule has 0 unspecified atom stereocenters. The second kappa shape index (κ2) is 8.16. The third kappa shape index (κ3) is 4.20. The van der Waals surface area contributed by atoms with Gasteiger partial charge in [-0.1, -0.05) is 30.3 Å². The van der Waals surface area contributed by atoms with E-state index in [0.29, 0.717) is 18.0 Å². The van der Waals surface area contributed by atoms with Crippen molar-refractivity contribution in [2.24, 2.45) is 0 Å². The Balaban J connectivity index is 1.53. The zero-order chi connectivity index (χ0) is 17.6. The Kier molecular flexibility index (Phi) is 5.71. The minimum absolute atomic E-state index is 0.246. The smallest absolute Gasteiger partial charge is 0.343 e. The number of hydrogen-bond donors (Lipinski definition) is 1. The standard InChI is InChI=1S/C19H26N4O2/c1-2-25-19(24)17-14-21-23(18(17)20)16-9-12-22(13-10-16)11-8-15-6-4-3-5-7-15/h3-7,14,16H,2,8-13,20H2,1H3. The Bertz CT molecular complexity index is 691. The van der Waals surface area contributed by atoms with Crippen LogP contribution in [0.4, 0.5) is 5.82 Å². The number of carbonyl (C=O) groups excluding carboxylic acids is 1. The number of piperidine rings is 1. The number of nitrogen functional groups attached to an aromatic ring is 1. The second-order valence-corrected chi connectivity index (χ2v) is 6.42. The van der Waals surface area contributed by atoms with E-state index in [1.165, 1.54) is 11.8 Å². The molecule has 0 atom stereocenters. The summed E-state index contributed by atoms with van der Waals surface area (Å²) in [6, 6.07) is 10.8. The van der Waals surface area contributed by atoms with E-state index < -0.39 is 5.97 Å². The highest BCUT2D eigenvalue weighted by atomic mass is 16.5. The Labute approximate surface area is 148 Å². The molecule has 0 amide bonds. The van der Waals surface area contributed by atoms with Crippen molar-refractivity contribution < 1.29 is 9.53 Å². The van der Waals surface area contributed by atoms with E-state index in [1.54, 1.807) is 11.6 Å². The topological polar surface area (TPSA) is 73.4 Å². The van der Waals surface area contributed by atoms with Gasteiger partial charge in [0.2, 0.25) is 0 Å². The molecule has 0 radical (unpaired) electrons. The molecule has 0 spiro atoms. The van der Waals surface area contributed by atoms with E-state index in [-0.39, 0.29) is 6.04 Å². The van der Waals surface area contributed by atoms with Crippen LogP contribution in [0.3, 0.4) is 0 Å². The van der Waals surface area contributed by atoms with E-state index >= 15 is 0 Å². The quantitative estimate of drug-likeness (QED) is 0.817. The van der Waals surface area contributed by atoms with Crippen LogP contribution < -0.4 is 5.73 Å². The zero-order valence-electron chi connectivity index (χ0n) is 14.7. The molecule has 1 aromatic carbocycles. The van der Waals surface area contributed by atoms with Crippen LogP contribution in [-0.4, -0.2) is 46.9 Å². The number of esters is 1. The third-order valence-corrected chi connectivity index (χ3v) is 4.79. The van der Waals surface area contributed by atoms with Crippen LogP contribution in [0.1, 0.15) is 41.7 Å². The minimum Gasteiger partial charge on any atom is -0.462 e. The number of hydrogen-bond acceptors (Lipinski definition) is 5. The number of carbonyl (C=O) groups is 1. The summed E-state index contributed by atoms with van der Waals surface area (Å²) in [5, 5.41) is 4.33. The fourth-order valence-electron chi connectivity index (χ4n) is 3.35. The average Bonchev–Trinajstić information content (AvgIpc) is 3.03. The first kappa shape index (κ1) is 17.5. The second-order valence-electron chi connectivity index (χ2n) is 6.42. The van der Waals surface area contributed by atoms with Gasteiger partial charge in [0.25, 0.3) is 0 Å². The molecule has 134 valence electrons. The van der Waals surface area contributed by atoms with Gasteiger partial charge < -0.3 is 15.4 Å². The van der Waals surface area contributed by atoms with Crippen molar-refractivity contribution in [3.63, 3.8) is 0 Å². The Hall–Kier alpha value is -2.34. The summed E-state index contributed by atoms with van der Waals surface area (Å²) in [7, 11) is 0. The molecular weight excluding hydrogens is 316 g/mol. The molecule has 25 heavy (non-hydrogen) atoms. The van der Waals surface area contributed by atoms with Crippen molar-refractivity contribution in [2.45, 2.75) is 32.2 Å². The first-order chi connectivity index (χ1) is 12.2. The number of rotatable bonds is 6. The van der Waals surface area contributed by atoms with Crippen molar-refractivity contribution >= 4 is 11.8 Å². The summed E-state index contributed by atoms with van der Waals surface area (Å²) in [5.41, 5.74) is 7.86. The number of nitrogens with two attached hydrogens (primary N) is 1. The molecule has 0 saturated carbocycles. The van der Waals surface area contributed by atoms with Gasteiger partial charge in [-0.3, -0.25) is 0 Å². The molecule has 3 rings (SSSR count). The van der Waals surface area contributed by atoms with Crippen LogP contribution in [0, 0.1) is 0 Å². The predicted molar refractivity (Wildman–Crippen MR) is 97.5 cm³/mol. The monoisotopic (exact) mass is 342 g/mol. The Morgan fingerprint density at radius 3 is 2.68 bits per heavy atom. The molecule has 1 saturated heterocycles. The van der Waals surface area contributed by atoms with Gasteiger partial charge in [0.05, 0.1) is 18.8 Å². The van der Waals surface area contributed by atoms with Gasteiger partial charge in [-0.25, -0.2) is 9.48 Å². The SMILES string of the molecule is CCOC(=O)c1cnn(C2CCN(CCc3ccccc3)CC2)c1N. The van der Waals surface area contributed by atoms with Crippen LogP contribution in [0.5, 0.6) is 0 Å².